The number of nitrogens with zero attached hydrogens (tertiary/aromatic N) is 2. The van der Waals surface area contributed by atoms with E-state index >= 15 is 0 Å². The van der Waals surface area contributed by atoms with Crippen molar-refractivity contribution in [2.24, 2.45) is 7.05 Å². The Kier molecular flexibility index (Phi) is 6.30. The molecule has 1 heterocycles. The summed E-state index contributed by atoms with van der Waals surface area (Å²) in [6.07, 6.45) is -3.57. The zero-order valence-corrected chi connectivity index (χ0v) is 17.5. The highest BCUT2D eigenvalue weighted by Gasteiger charge is 2.33. The SMILES string of the molecule is COc1cc(NC(=O)c2ccnn2C)ccc1S(=O)(=O)Nc1ccccc1OC(F)(F)F. The Balaban J connectivity index is 1.87. The number of halogens is 3. The van der Waals surface area contributed by atoms with Crippen LogP contribution >= 0.6 is 0 Å². The molecule has 3 rings (SSSR count). The van der Waals surface area contributed by atoms with Crippen molar-refractivity contribution in [1.29, 1.82) is 0 Å². The average molecular weight is 470 g/mol. The first-order valence-corrected chi connectivity index (χ1v) is 10.3. The number of anilines is 2. The van der Waals surface area contributed by atoms with Gasteiger partial charge < -0.3 is 14.8 Å². The largest absolute Gasteiger partial charge is 0.573 e. The summed E-state index contributed by atoms with van der Waals surface area (Å²) in [6, 6.07) is 9.91. The molecule has 1 aromatic heterocycles. The minimum atomic E-state index is -5.01. The molecular formula is C19H17F3N4O5S. The van der Waals surface area contributed by atoms with Gasteiger partial charge in [0.05, 0.1) is 12.8 Å². The second kappa shape index (κ2) is 8.78. The zero-order valence-electron chi connectivity index (χ0n) is 16.7. The summed E-state index contributed by atoms with van der Waals surface area (Å²) in [6.45, 7) is 0. The minimum absolute atomic E-state index is 0.144. The van der Waals surface area contributed by atoms with Gasteiger partial charge in [-0.3, -0.25) is 14.2 Å². The summed E-state index contributed by atoms with van der Waals surface area (Å²) < 4.78 is 75.9. The van der Waals surface area contributed by atoms with Crippen LogP contribution in [0.2, 0.25) is 0 Å². The van der Waals surface area contributed by atoms with Gasteiger partial charge in [0, 0.05) is 25.0 Å². The summed E-state index contributed by atoms with van der Waals surface area (Å²) in [4.78, 5) is 12.0. The maximum Gasteiger partial charge on any atom is 0.573 e. The van der Waals surface area contributed by atoms with E-state index in [0.717, 1.165) is 18.2 Å². The molecule has 0 fully saturated rings. The third-order valence-electron chi connectivity index (χ3n) is 4.12. The van der Waals surface area contributed by atoms with E-state index < -0.39 is 33.7 Å². The van der Waals surface area contributed by atoms with Crippen LogP contribution in [0.4, 0.5) is 24.5 Å². The van der Waals surface area contributed by atoms with E-state index in [2.05, 4.69) is 19.9 Å². The fraction of sp³-hybridized carbons (Fsp3) is 0.158. The highest BCUT2D eigenvalue weighted by atomic mass is 32.2. The smallest absolute Gasteiger partial charge is 0.495 e. The van der Waals surface area contributed by atoms with Crippen LogP contribution in [0.15, 0.2) is 59.6 Å². The molecule has 0 saturated heterocycles. The molecule has 0 aliphatic carbocycles. The number of ether oxygens (including phenoxy) is 2. The van der Waals surface area contributed by atoms with Gasteiger partial charge in [0.2, 0.25) is 0 Å². The summed E-state index contributed by atoms with van der Waals surface area (Å²) >= 11 is 0. The molecule has 2 aromatic carbocycles. The second-order valence-electron chi connectivity index (χ2n) is 6.31. The van der Waals surface area contributed by atoms with Crippen molar-refractivity contribution in [3.63, 3.8) is 0 Å². The summed E-state index contributed by atoms with van der Waals surface area (Å²) in [5, 5.41) is 6.47. The van der Waals surface area contributed by atoms with Crippen LogP contribution in [0, 0.1) is 0 Å². The van der Waals surface area contributed by atoms with Gasteiger partial charge in [0.25, 0.3) is 15.9 Å². The molecule has 0 bridgehead atoms. The lowest BCUT2D eigenvalue weighted by molar-refractivity contribution is -0.274. The van der Waals surface area contributed by atoms with Gasteiger partial charge in [-0.25, -0.2) is 8.42 Å². The average Bonchev–Trinajstić information content (AvgIpc) is 3.14. The van der Waals surface area contributed by atoms with Crippen molar-refractivity contribution < 1.29 is 35.9 Å². The van der Waals surface area contributed by atoms with Crippen LogP contribution in [-0.4, -0.2) is 37.6 Å². The van der Waals surface area contributed by atoms with Crippen LogP contribution < -0.4 is 19.5 Å². The van der Waals surface area contributed by atoms with Gasteiger partial charge in [0.15, 0.2) is 5.75 Å². The van der Waals surface area contributed by atoms with Crippen LogP contribution in [0.25, 0.3) is 0 Å². The van der Waals surface area contributed by atoms with E-state index in [1.807, 2.05) is 0 Å². The third-order valence-corrected chi connectivity index (χ3v) is 5.53. The van der Waals surface area contributed by atoms with Crippen molar-refractivity contribution in [3.05, 3.63) is 60.4 Å². The number of methoxy groups -OCH3 is 1. The Hall–Kier alpha value is -3.74. The summed E-state index contributed by atoms with van der Waals surface area (Å²) in [5.74, 6) is -1.35. The molecule has 1 amide bonds. The predicted octanol–water partition coefficient (Wildman–Crippen LogP) is 3.38. The zero-order chi connectivity index (χ0) is 23.5. The van der Waals surface area contributed by atoms with Gasteiger partial charge in [-0.05, 0) is 30.3 Å². The van der Waals surface area contributed by atoms with Gasteiger partial charge in [-0.1, -0.05) is 12.1 Å². The van der Waals surface area contributed by atoms with Gasteiger partial charge >= 0.3 is 6.36 Å². The molecule has 0 aliphatic heterocycles. The van der Waals surface area contributed by atoms with E-state index in [4.69, 9.17) is 4.74 Å². The van der Waals surface area contributed by atoms with Crippen LogP contribution in [0.1, 0.15) is 10.5 Å². The quantitative estimate of drug-likeness (QED) is 0.548. The Bertz CT molecular complexity index is 1240. The van der Waals surface area contributed by atoms with Gasteiger partial charge in [0.1, 0.15) is 16.3 Å². The first-order valence-electron chi connectivity index (χ1n) is 8.85. The van der Waals surface area contributed by atoms with Crippen LogP contribution in [0.5, 0.6) is 11.5 Å². The lowest BCUT2D eigenvalue weighted by Gasteiger charge is -2.16. The number of nitrogens with one attached hydrogen (secondary N) is 2. The minimum Gasteiger partial charge on any atom is -0.495 e. The van der Waals surface area contributed by atoms with Crippen LogP contribution in [-0.2, 0) is 17.1 Å². The second-order valence-corrected chi connectivity index (χ2v) is 7.96. The van der Waals surface area contributed by atoms with Crippen molar-refractivity contribution in [2.45, 2.75) is 11.3 Å². The van der Waals surface area contributed by atoms with Gasteiger partial charge in [-0.2, -0.15) is 5.10 Å². The highest BCUT2D eigenvalue weighted by Crippen LogP contribution is 2.34. The maximum atomic E-state index is 12.8. The molecule has 170 valence electrons. The lowest BCUT2D eigenvalue weighted by Crippen LogP contribution is -2.20. The third kappa shape index (κ3) is 5.29. The Morgan fingerprint density at radius 3 is 2.44 bits per heavy atom. The number of hydrogen-bond acceptors (Lipinski definition) is 6. The maximum absolute atomic E-state index is 12.8. The predicted molar refractivity (Wildman–Crippen MR) is 108 cm³/mol. The monoisotopic (exact) mass is 470 g/mol. The molecule has 0 aliphatic rings. The highest BCUT2D eigenvalue weighted by molar-refractivity contribution is 7.92. The molecule has 0 unspecified atom stereocenters. The number of carbonyl (C=O) groups is 1. The molecule has 0 atom stereocenters. The molecule has 9 nitrogen and oxygen atoms in total. The van der Waals surface area contributed by atoms with E-state index in [9.17, 15) is 26.4 Å². The molecule has 0 saturated carbocycles. The fourth-order valence-electron chi connectivity index (χ4n) is 2.72. The first kappa shape index (κ1) is 22.9. The van der Waals surface area contributed by atoms with E-state index in [1.165, 1.54) is 48.3 Å². The molecule has 0 spiro atoms. The number of aryl methyl sites for hydroxylation is 1. The molecule has 32 heavy (non-hydrogen) atoms. The van der Waals surface area contributed by atoms with Gasteiger partial charge in [-0.15, -0.1) is 13.2 Å². The number of hydrogen-bond donors (Lipinski definition) is 2. The van der Waals surface area contributed by atoms with Crippen molar-refractivity contribution in [1.82, 2.24) is 9.78 Å². The topological polar surface area (TPSA) is 112 Å². The van der Waals surface area contributed by atoms with Crippen molar-refractivity contribution in [3.8, 4) is 11.5 Å². The van der Waals surface area contributed by atoms with E-state index in [1.54, 1.807) is 7.05 Å². The molecular weight excluding hydrogens is 453 g/mol. The number of para-hydroxylation sites is 2. The number of aromatic nitrogens is 2. The summed E-state index contributed by atoms with van der Waals surface area (Å²) in [5.41, 5.74) is 0.0804. The summed E-state index contributed by atoms with van der Waals surface area (Å²) in [7, 11) is -1.59. The van der Waals surface area contributed by atoms with E-state index in [-0.39, 0.29) is 22.0 Å². The molecule has 2 N–H and O–H groups in total. The van der Waals surface area contributed by atoms with Crippen LogP contribution in [0.3, 0.4) is 0 Å². The number of alkyl halides is 3. The number of benzene rings is 2. The molecule has 13 heteroatoms. The Morgan fingerprint density at radius 1 is 1.09 bits per heavy atom. The van der Waals surface area contributed by atoms with Crippen molar-refractivity contribution in [2.75, 3.05) is 17.1 Å². The van der Waals surface area contributed by atoms with Crippen molar-refractivity contribution >= 4 is 27.3 Å². The number of amides is 1. The number of rotatable bonds is 7. The molecule has 3 aromatic rings. The fourth-order valence-corrected chi connectivity index (χ4v) is 3.95. The lowest BCUT2D eigenvalue weighted by atomic mass is 10.3. The number of carbonyl (C=O) groups excluding carboxylic acids is 1. The number of sulfonamides is 1. The first-order chi connectivity index (χ1) is 15.0. The molecule has 0 radical (unpaired) electrons. The van der Waals surface area contributed by atoms with E-state index in [0.29, 0.717) is 0 Å². The Morgan fingerprint density at radius 2 is 1.81 bits per heavy atom. The standard InChI is InChI=1S/C19H17F3N4O5S/c1-26-14(9-10-23-26)18(27)24-12-7-8-17(16(11-12)30-2)32(28,29)25-13-5-3-4-6-15(13)31-19(20,21)22/h3-11,25H,1-2H3,(H,24,27). The Labute approximate surface area is 180 Å². The normalized spacial score (nSPS) is 11.7.